The summed E-state index contributed by atoms with van der Waals surface area (Å²) in [6, 6.07) is 5.44. The van der Waals surface area contributed by atoms with Gasteiger partial charge in [-0.2, -0.15) is 10.2 Å². The highest BCUT2D eigenvalue weighted by Gasteiger charge is 2.43. The fourth-order valence-electron chi connectivity index (χ4n) is 3.67. The number of nitrogens with zero attached hydrogens (tertiary/aromatic N) is 3. The number of fused-ring (bicyclic) bond motifs is 2. The lowest BCUT2D eigenvalue weighted by Crippen LogP contribution is -2.15. The fraction of sp³-hybridized carbons (Fsp3) is 0.250. The first-order valence-corrected chi connectivity index (χ1v) is 10.3. The highest BCUT2D eigenvalue weighted by molar-refractivity contribution is 7.98. The number of anilines is 1. The van der Waals surface area contributed by atoms with Gasteiger partial charge in [-0.05, 0) is 48.4 Å². The Morgan fingerprint density at radius 1 is 1.41 bits per heavy atom. The second kappa shape index (κ2) is 6.55. The highest BCUT2D eigenvalue weighted by Crippen LogP contribution is 2.39. The molecule has 5 rings (SSSR count). The lowest BCUT2D eigenvalue weighted by Gasteiger charge is -2.12. The minimum Gasteiger partial charge on any atom is -0.309 e. The predicted octanol–water partition coefficient (Wildman–Crippen LogP) is 4.34. The van der Waals surface area contributed by atoms with Gasteiger partial charge in [0.2, 0.25) is 5.91 Å². The zero-order chi connectivity index (χ0) is 20.3. The molecule has 2 atom stereocenters. The molecule has 0 bridgehead atoms. The number of carbonyl (C=O) groups excluding carboxylic acids is 1. The van der Waals surface area contributed by atoms with Crippen molar-refractivity contribution in [1.82, 2.24) is 19.8 Å². The van der Waals surface area contributed by atoms with Gasteiger partial charge in [-0.1, -0.05) is 0 Å². The molecule has 0 radical (unpaired) electrons. The second-order valence-corrected chi connectivity index (χ2v) is 7.98. The van der Waals surface area contributed by atoms with Gasteiger partial charge < -0.3 is 5.32 Å². The maximum Gasteiger partial charge on any atom is 0.231 e. The number of alkyl halides is 1. The Bertz CT molecular complexity index is 1280. The Labute approximate surface area is 168 Å². The molecule has 3 aromatic heterocycles. The lowest BCUT2D eigenvalue weighted by atomic mass is 9.97. The molecule has 6 nitrogen and oxygen atoms in total. The minimum absolute atomic E-state index is 0.265. The van der Waals surface area contributed by atoms with Gasteiger partial charge in [-0.25, -0.2) is 13.3 Å². The number of carbonyl (C=O) groups is 1. The summed E-state index contributed by atoms with van der Waals surface area (Å²) in [6.07, 6.45) is 4.49. The topological polar surface area (TPSA) is 75.1 Å². The van der Waals surface area contributed by atoms with Crippen LogP contribution in [0.3, 0.4) is 0 Å². The molecule has 1 aliphatic rings. The molecule has 0 unspecified atom stereocenters. The van der Waals surface area contributed by atoms with E-state index in [0.29, 0.717) is 21.8 Å². The van der Waals surface area contributed by atoms with E-state index in [1.165, 1.54) is 11.8 Å². The maximum absolute atomic E-state index is 15.0. The van der Waals surface area contributed by atoms with E-state index in [4.69, 9.17) is 0 Å². The van der Waals surface area contributed by atoms with Crippen molar-refractivity contribution in [3.05, 3.63) is 42.0 Å². The van der Waals surface area contributed by atoms with Crippen molar-refractivity contribution in [2.45, 2.75) is 24.4 Å². The SMILES string of the molecule is CSc1c(F)c(C)c(-c2ccn3nc(NC(=O)[C@H]4C[C@@H]4F)cc3c2)c2cn[nH]c12. The van der Waals surface area contributed by atoms with Crippen LogP contribution in [0.25, 0.3) is 27.5 Å². The number of nitrogens with one attached hydrogen (secondary N) is 2. The molecule has 9 heteroatoms. The van der Waals surface area contributed by atoms with Crippen molar-refractivity contribution in [2.75, 3.05) is 11.6 Å². The Kier molecular flexibility index (Phi) is 4.09. The van der Waals surface area contributed by atoms with Gasteiger partial charge in [0, 0.05) is 17.6 Å². The number of rotatable bonds is 4. The molecule has 3 heterocycles. The number of aromatic amines is 1. The predicted molar refractivity (Wildman–Crippen MR) is 108 cm³/mol. The number of pyridine rings is 1. The number of aromatic nitrogens is 4. The molecule has 0 saturated heterocycles. The summed E-state index contributed by atoms with van der Waals surface area (Å²) >= 11 is 1.34. The van der Waals surface area contributed by atoms with E-state index in [1.807, 2.05) is 18.4 Å². The van der Waals surface area contributed by atoms with Crippen molar-refractivity contribution >= 4 is 39.9 Å². The first kappa shape index (κ1) is 18.1. The first-order valence-electron chi connectivity index (χ1n) is 9.11. The van der Waals surface area contributed by atoms with Gasteiger partial charge in [-0.3, -0.25) is 9.89 Å². The largest absolute Gasteiger partial charge is 0.309 e. The second-order valence-electron chi connectivity index (χ2n) is 7.17. The number of hydrogen-bond acceptors (Lipinski definition) is 4. The quantitative estimate of drug-likeness (QED) is 0.488. The number of benzene rings is 1. The molecule has 1 aromatic carbocycles. The Hall–Kier alpha value is -2.94. The van der Waals surface area contributed by atoms with Crippen molar-refractivity contribution < 1.29 is 13.6 Å². The third kappa shape index (κ3) is 2.88. The van der Waals surface area contributed by atoms with E-state index < -0.39 is 12.1 Å². The van der Waals surface area contributed by atoms with Crippen LogP contribution in [0.4, 0.5) is 14.6 Å². The average molecular weight is 413 g/mol. The summed E-state index contributed by atoms with van der Waals surface area (Å²) in [6.45, 7) is 1.76. The van der Waals surface area contributed by atoms with E-state index in [0.717, 1.165) is 22.0 Å². The van der Waals surface area contributed by atoms with Gasteiger partial charge in [0.15, 0.2) is 5.82 Å². The van der Waals surface area contributed by atoms with Crippen LogP contribution in [-0.2, 0) is 4.79 Å². The molecule has 0 aliphatic heterocycles. The summed E-state index contributed by atoms with van der Waals surface area (Å²) < 4.78 is 29.7. The normalized spacial score (nSPS) is 18.5. The minimum atomic E-state index is -1.06. The molecule has 148 valence electrons. The lowest BCUT2D eigenvalue weighted by molar-refractivity contribution is -0.117. The van der Waals surface area contributed by atoms with Crippen LogP contribution >= 0.6 is 11.8 Å². The van der Waals surface area contributed by atoms with E-state index in [1.54, 1.807) is 29.9 Å². The van der Waals surface area contributed by atoms with Crippen LogP contribution in [0.15, 0.2) is 35.5 Å². The number of hydrogen-bond donors (Lipinski definition) is 2. The molecular formula is C20H17F2N5OS. The maximum atomic E-state index is 15.0. The summed E-state index contributed by atoms with van der Waals surface area (Å²) in [5.41, 5.74) is 3.52. The van der Waals surface area contributed by atoms with Gasteiger partial charge >= 0.3 is 0 Å². The standard InChI is InChI=1S/C20H17F2N5OS/c1-9-16(13-8-23-25-18(13)19(29-2)17(9)22)10-3-4-27-11(5-10)6-15(26-27)24-20(28)12-7-14(12)21/h3-6,8,12,14H,7H2,1-2H3,(H,23,25)(H,24,26,28)/t12-,14-/m0/s1. The molecule has 1 amide bonds. The number of H-pyrrole nitrogens is 1. The van der Waals surface area contributed by atoms with E-state index in [-0.39, 0.29) is 18.1 Å². The van der Waals surface area contributed by atoms with Crippen molar-refractivity contribution in [1.29, 1.82) is 0 Å². The molecule has 29 heavy (non-hydrogen) atoms. The van der Waals surface area contributed by atoms with Crippen LogP contribution in [0.1, 0.15) is 12.0 Å². The smallest absolute Gasteiger partial charge is 0.231 e. The van der Waals surface area contributed by atoms with Gasteiger partial charge in [-0.15, -0.1) is 11.8 Å². The fourth-order valence-corrected chi connectivity index (χ4v) is 4.36. The van der Waals surface area contributed by atoms with Gasteiger partial charge in [0.1, 0.15) is 12.0 Å². The summed E-state index contributed by atoms with van der Waals surface area (Å²) in [4.78, 5) is 12.5. The van der Waals surface area contributed by atoms with E-state index >= 15 is 0 Å². The van der Waals surface area contributed by atoms with Crippen LogP contribution in [-0.4, -0.2) is 38.1 Å². The van der Waals surface area contributed by atoms with Gasteiger partial charge in [0.05, 0.1) is 28.0 Å². The van der Waals surface area contributed by atoms with Crippen LogP contribution in [0, 0.1) is 18.7 Å². The van der Waals surface area contributed by atoms with Crippen molar-refractivity contribution in [3.8, 4) is 11.1 Å². The Balaban J connectivity index is 1.58. The first-order chi connectivity index (χ1) is 14.0. The van der Waals surface area contributed by atoms with E-state index in [2.05, 4.69) is 20.6 Å². The van der Waals surface area contributed by atoms with Crippen molar-refractivity contribution in [3.63, 3.8) is 0 Å². The van der Waals surface area contributed by atoms with Crippen LogP contribution in [0.2, 0.25) is 0 Å². The average Bonchev–Trinajstić information content (AvgIpc) is 3.08. The third-order valence-electron chi connectivity index (χ3n) is 5.30. The molecule has 1 aliphatic carbocycles. The van der Waals surface area contributed by atoms with Crippen LogP contribution in [0.5, 0.6) is 0 Å². The van der Waals surface area contributed by atoms with Gasteiger partial charge in [0.25, 0.3) is 0 Å². The summed E-state index contributed by atoms with van der Waals surface area (Å²) in [5.74, 6) is -0.840. The molecule has 0 spiro atoms. The number of amides is 1. The molecular weight excluding hydrogens is 396 g/mol. The monoisotopic (exact) mass is 413 g/mol. The van der Waals surface area contributed by atoms with Crippen molar-refractivity contribution in [2.24, 2.45) is 5.92 Å². The number of halogens is 2. The zero-order valence-corrected chi connectivity index (χ0v) is 16.5. The zero-order valence-electron chi connectivity index (χ0n) is 15.7. The van der Waals surface area contributed by atoms with E-state index in [9.17, 15) is 13.6 Å². The molecule has 1 fully saturated rings. The molecule has 4 aromatic rings. The Morgan fingerprint density at radius 3 is 2.93 bits per heavy atom. The molecule has 2 N–H and O–H groups in total. The summed E-state index contributed by atoms with van der Waals surface area (Å²) in [5, 5.41) is 14.8. The third-order valence-corrected chi connectivity index (χ3v) is 6.09. The number of thioether (sulfide) groups is 1. The Morgan fingerprint density at radius 2 is 2.21 bits per heavy atom. The highest BCUT2D eigenvalue weighted by atomic mass is 32.2. The van der Waals surface area contributed by atoms with Crippen LogP contribution < -0.4 is 5.32 Å². The molecule has 1 saturated carbocycles. The summed E-state index contributed by atoms with van der Waals surface area (Å²) in [7, 11) is 0.